The van der Waals surface area contributed by atoms with Gasteiger partial charge >= 0.3 is 0 Å². The largest absolute Gasteiger partial charge is 0.0984 e. The van der Waals surface area contributed by atoms with Gasteiger partial charge in [0.1, 0.15) is 0 Å². The molecular formula is C11H11Br. The second-order valence-electron chi connectivity index (χ2n) is 2.45. The van der Waals surface area contributed by atoms with Gasteiger partial charge in [-0.2, -0.15) is 0 Å². The Kier molecular flexibility index (Phi) is 3.30. The molecular weight excluding hydrogens is 212 g/mol. The summed E-state index contributed by atoms with van der Waals surface area (Å²) in [4.78, 5) is 0. The zero-order valence-corrected chi connectivity index (χ0v) is 8.64. The van der Waals surface area contributed by atoms with Crippen molar-refractivity contribution in [3.8, 4) is 0 Å². The fraction of sp³-hybridized carbons (Fsp3) is 0.0909. The van der Waals surface area contributed by atoms with Crippen molar-refractivity contribution in [2.75, 3.05) is 0 Å². The van der Waals surface area contributed by atoms with E-state index < -0.39 is 0 Å². The molecule has 1 heteroatoms. The van der Waals surface area contributed by atoms with Crippen LogP contribution in [0.2, 0.25) is 0 Å². The fourth-order valence-electron chi connectivity index (χ4n) is 1.07. The molecule has 0 bridgehead atoms. The van der Waals surface area contributed by atoms with Gasteiger partial charge in [0.15, 0.2) is 0 Å². The Morgan fingerprint density at radius 2 is 2.17 bits per heavy atom. The van der Waals surface area contributed by atoms with Crippen molar-refractivity contribution in [2.24, 2.45) is 0 Å². The molecule has 0 heterocycles. The van der Waals surface area contributed by atoms with E-state index in [0.29, 0.717) is 0 Å². The van der Waals surface area contributed by atoms with Crippen LogP contribution in [-0.2, 0) is 0 Å². The smallest absolute Gasteiger partial charge is 0.0253 e. The topological polar surface area (TPSA) is 0 Å². The summed E-state index contributed by atoms with van der Waals surface area (Å²) in [5.74, 6) is 0. The van der Waals surface area contributed by atoms with Crippen molar-refractivity contribution in [1.82, 2.24) is 0 Å². The predicted molar refractivity (Wildman–Crippen MR) is 58.9 cm³/mol. The van der Waals surface area contributed by atoms with Gasteiger partial charge in [0.05, 0.1) is 0 Å². The molecule has 0 atom stereocenters. The van der Waals surface area contributed by atoms with Gasteiger partial charge in [-0.25, -0.2) is 0 Å². The van der Waals surface area contributed by atoms with Crippen LogP contribution in [0.1, 0.15) is 18.1 Å². The van der Waals surface area contributed by atoms with Crippen molar-refractivity contribution in [3.05, 3.63) is 46.5 Å². The monoisotopic (exact) mass is 222 g/mol. The van der Waals surface area contributed by atoms with E-state index >= 15 is 0 Å². The van der Waals surface area contributed by atoms with E-state index in [2.05, 4.69) is 28.6 Å². The maximum absolute atomic E-state index is 3.76. The lowest BCUT2D eigenvalue weighted by Gasteiger charge is -2.02. The Balaban J connectivity index is 3.28. The first-order valence-electron chi connectivity index (χ1n) is 3.83. The number of rotatable bonds is 2. The number of allylic oxidation sites excluding steroid dienone is 1. The molecule has 0 aromatic heterocycles. The summed E-state index contributed by atoms with van der Waals surface area (Å²) in [6.07, 6.45) is 5.95. The van der Waals surface area contributed by atoms with Gasteiger partial charge in [-0.05, 0) is 24.1 Å². The third-order valence-electron chi connectivity index (χ3n) is 1.64. The van der Waals surface area contributed by atoms with Gasteiger partial charge < -0.3 is 0 Å². The number of hydrogen-bond donors (Lipinski definition) is 0. The molecule has 0 aliphatic rings. The zero-order chi connectivity index (χ0) is 8.97. The average molecular weight is 223 g/mol. The van der Waals surface area contributed by atoms with E-state index in [1.54, 1.807) is 0 Å². The Bertz CT molecular complexity index is 311. The fourth-order valence-corrected chi connectivity index (χ4v) is 1.59. The molecule has 1 aromatic carbocycles. The van der Waals surface area contributed by atoms with Crippen LogP contribution >= 0.6 is 15.9 Å². The van der Waals surface area contributed by atoms with Crippen LogP contribution in [0, 0.1) is 0 Å². The minimum absolute atomic E-state index is 1.11. The molecule has 62 valence electrons. The quantitative estimate of drug-likeness (QED) is 0.707. The van der Waals surface area contributed by atoms with Gasteiger partial charge in [-0.3, -0.25) is 0 Å². The van der Waals surface area contributed by atoms with Crippen LogP contribution < -0.4 is 0 Å². The standard InChI is InChI=1S/C11H11Br/c1-3-6-10-9(4-2)7-5-8-11(10)12/h3-8H,2H2,1H3/b6-3-. The third kappa shape index (κ3) is 1.86. The van der Waals surface area contributed by atoms with E-state index in [1.807, 2.05) is 37.3 Å². The molecule has 1 rings (SSSR count). The summed E-state index contributed by atoms with van der Waals surface area (Å²) in [7, 11) is 0. The Morgan fingerprint density at radius 3 is 2.75 bits per heavy atom. The highest BCUT2D eigenvalue weighted by molar-refractivity contribution is 9.10. The lowest BCUT2D eigenvalue weighted by molar-refractivity contribution is 1.56. The zero-order valence-electron chi connectivity index (χ0n) is 7.05. The molecule has 0 radical (unpaired) electrons. The normalized spacial score (nSPS) is 10.5. The number of benzene rings is 1. The molecule has 0 nitrogen and oxygen atoms in total. The summed E-state index contributed by atoms with van der Waals surface area (Å²) >= 11 is 3.49. The highest BCUT2D eigenvalue weighted by atomic mass is 79.9. The minimum atomic E-state index is 1.11. The Labute approximate surface area is 81.7 Å². The number of hydrogen-bond acceptors (Lipinski definition) is 0. The van der Waals surface area contributed by atoms with Crippen molar-refractivity contribution in [2.45, 2.75) is 6.92 Å². The summed E-state index contributed by atoms with van der Waals surface area (Å²) in [6.45, 7) is 5.77. The predicted octanol–water partition coefficient (Wildman–Crippen LogP) is 4.13. The maximum Gasteiger partial charge on any atom is 0.0253 e. The van der Waals surface area contributed by atoms with Crippen LogP contribution in [-0.4, -0.2) is 0 Å². The van der Waals surface area contributed by atoms with Crippen LogP contribution in [0.3, 0.4) is 0 Å². The molecule has 12 heavy (non-hydrogen) atoms. The second-order valence-corrected chi connectivity index (χ2v) is 3.30. The first-order chi connectivity index (χ1) is 5.79. The van der Waals surface area contributed by atoms with Gasteiger partial charge in [-0.15, -0.1) is 0 Å². The molecule has 0 saturated carbocycles. The van der Waals surface area contributed by atoms with Crippen LogP contribution in [0.15, 0.2) is 35.3 Å². The number of halogens is 1. The molecule has 1 aromatic rings. The van der Waals surface area contributed by atoms with E-state index in [1.165, 1.54) is 5.56 Å². The lowest BCUT2D eigenvalue weighted by atomic mass is 10.1. The summed E-state index contributed by atoms with van der Waals surface area (Å²) in [5.41, 5.74) is 2.34. The molecule has 0 amide bonds. The second kappa shape index (κ2) is 4.27. The first-order valence-corrected chi connectivity index (χ1v) is 4.62. The van der Waals surface area contributed by atoms with Gasteiger partial charge in [0.25, 0.3) is 0 Å². The SMILES string of the molecule is C=Cc1cccc(Br)c1/C=C\C. The van der Waals surface area contributed by atoms with Gasteiger partial charge in [0.2, 0.25) is 0 Å². The summed E-state index contributed by atoms with van der Waals surface area (Å²) in [5, 5.41) is 0. The van der Waals surface area contributed by atoms with Crippen molar-refractivity contribution < 1.29 is 0 Å². The summed E-state index contributed by atoms with van der Waals surface area (Å²) < 4.78 is 1.11. The van der Waals surface area contributed by atoms with E-state index in [-0.39, 0.29) is 0 Å². The minimum Gasteiger partial charge on any atom is -0.0984 e. The molecule has 0 aliphatic heterocycles. The molecule has 0 N–H and O–H groups in total. The maximum atomic E-state index is 3.76. The van der Waals surface area contributed by atoms with Crippen LogP contribution in [0.5, 0.6) is 0 Å². The van der Waals surface area contributed by atoms with E-state index in [0.717, 1.165) is 10.0 Å². The molecule has 0 spiro atoms. The lowest BCUT2D eigenvalue weighted by Crippen LogP contribution is -1.80. The molecule has 0 aliphatic carbocycles. The highest BCUT2D eigenvalue weighted by Crippen LogP contribution is 2.22. The Hall–Kier alpha value is -0.820. The highest BCUT2D eigenvalue weighted by Gasteiger charge is 1.98. The first kappa shape index (κ1) is 9.27. The van der Waals surface area contributed by atoms with Crippen LogP contribution in [0.25, 0.3) is 12.2 Å². The van der Waals surface area contributed by atoms with Crippen molar-refractivity contribution >= 4 is 28.1 Å². The third-order valence-corrected chi connectivity index (χ3v) is 2.33. The van der Waals surface area contributed by atoms with E-state index in [9.17, 15) is 0 Å². The van der Waals surface area contributed by atoms with Gasteiger partial charge in [0, 0.05) is 4.47 Å². The summed E-state index contributed by atoms with van der Waals surface area (Å²) in [6, 6.07) is 6.09. The molecule has 0 unspecified atom stereocenters. The molecule has 0 saturated heterocycles. The van der Waals surface area contributed by atoms with Crippen LogP contribution in [0.4, 0.5) is 0 Å². The van der Waals surface area contributed by atoms with Crippen molar-refractivity contribution in [1.29, 1.82) is 0 Å². The average Bonchev–Trinajstić information content (AvgIpc) is 2.09. The van der Waals surface area contributed by atoms with E-state index in [4.69, 9.17) is 0 Å². The Morgan fingerprint density at radius 1 is 1.42 bits per heavy atom. The van der Waals surface area contributed by atoms with Crippen molar-refractivity contribution in [3.63, 3.8) is 0 Å². The van der Waals surface area contributed by atoms with Gasteiger partial charge in [-0.1, -0.05) is 52.9 Å². The molecule has 0 fully saturated rings.